The molecule has 3 heterocycles. The standard InChI is InChI=1S/C16H21FN6/c1-2-18-14-16(21-8-7-19-14)23-10-4-9-22(11-12-23)15-13(17)5-3-6-20-15/h3,5-8H,2,4,9-12H2,1H3,(H,18,19). The first-order valence-corrected chi connectivity index (χ1v) is 7.95. The third kappa shape index (κ3) is 3.49. The lowest BCUT2D eigenvalue weighted by molar-refractivity contribution is 0.610. The number of anilines is 3. The van der Waals surface area contributed by atoms with Crippen LogP contribution in [-0.2, 0) is 0 Å². The van der Waals surface area contributed by atoms with Gasteiger partial charge in [0.15, 0.2) is 23.3 Å². The molecule has 1 aliphatic heterocycles. The topological polar surface area (TPSA) is 57.2 Å². The number of halogens is 1. The van der Waals surface area contributed by atoms with Crippen molar-refractivity contribution in [2.75, 3.05) is 47.8 Å². The number of rotatable bonds is 4. The van der Waals surface area contributed by atoms with Gasteiger partial charge in [0, 0.05) is 51.3 Å². The van der Waals surface area contributed by atoms with E-state index in [0.29, 0.717) is 12.4 Å². The summed E-state index contributed by atoms with van der Waals surface area (Å²) in [6.45, 7) is 5.93. The Morgan fingerprint density at radius 1 is 1.00 bits per heavy atom. The van der Waals surface area contributed by atoms with Crippen LogP contribution >= 0.6 is 0 Å². The number of hydrogen-bond donors (Lipinski definition) is 1. The fourth-order valence-corrected chi connectivity index (χ4v) is 2.81. The number of nitrogens with zero attached hydrogens (tertiary/aromatic N) is 5. The molecule has 0 aromatic carbocycles. The average Bonchev–Trinajstić information content (AvgIpc) is 2.82. The molecule has 1 N–H and O–H groups in total. The Bertz CT molecular complexity index is 650. The highest BCUT2D eigenvalue weighted by Crippen LogP contribution is 2.23. The minimum Gasteiger partial charge on any atom is -0.367 e. The number of hydrogen-bond acceptors (Lipinski definition) is 6. The summed E-state index contributed by atoms with van der Waals surface area (Å²) in [6, 6.07) is 3.07. The molecule has 1 fully saturated rings. The summed E-state index contributed by atoms with van der Waals surface area (Å²) >= 11 is 0. The highest BCUT2D eigenvalue weighted by atomic mass is 19.1. The second-order valence-electron chi connectivity index (χ2n) is 5.40. The number of nitrogens with one attached hydrogen (secondary N) is 1. The van der Waals surface area contributed by atoms with Gasteiger partial charge in [0.05, 0.1) is 0 Å². The molecule has 23 heavy (non-hydrogen) atoms. The Morgan fingerprint density at radius 2 is 1.70 bits per heavy atom. The molecule has 122 valence electrons. The van der Waals surface area contributed by atoms with Gasteiger partial charge < -0.3 is 15.1 Å². The molecular weight excluding hydrogens is 295 g/mol. The zero-order valence-corrected chi connectivity index (χ0v) is 13.2. The van der Waals surface area contributed by atoms with Crippen LogP contribution in [0.25, 0.3) is 0 Å². The number of pyridine rings is 1. The Kier molecular flexibility index (Phi) is 4.85. The van der Waals surface area contributed by atoms with Gasteiger partial charge >= 0.3 is 0 Å². The summed E-state index contributed by atoms with van der Waals surface area (Å²) in [5.74, 6) is 1.82. The van der Waals surface area contributed by atoms with E-state index in [2.05, 4.69) is 25.2 Å². The summed E-state index contributed by atoms with van der Waals surface area (Å²) in [5.41, 5.74) is 0. The molecule has 6 nitrogen and oxygen atoms in total. The molecule has 0 bridgehead atoms. The van der Waals surface area contributed by atoms with Crippen molar-refractivity contribution in [2.24, 2.45) is 0 Å². The van der Waals surface area contributed by atoms with Crippen LogP contribution in [0.2, 0.25) is 0 Å². The van der Waals surface area contributed by atoms with Crippen molar-refractivity contribution in [2.45, 2.75) is 13.3 Å². The lowest BCUT2D eigenvalue weighted by Crippen LogP contribution is -2.32. The van der Waals surface area contributed by atoms with Gasteiger partial charge in [0.25, 0.3) is 0 Å². The second kappa shape index (κ2) is 7.21. The smallest absolute Gasteiger partial charge is 0.171 e. The van der Waals surface area contributed by atoms with Gasteiger partial charge in [-0.2, -0.15) is 0 Å². The van der Waals surface area contributed by atoms with E-state index in [1.54, 1.807) is 24.7 Å². The molecule has 0 atom stereocenters. The highest BCUT2D eigenvalue weighted by Gasteiger charge is 2.21. The van der Waals surface area contributed by atoms with Crippen LogP contribution in [0.5, 0.6) is 0 Å². The van der Waals surface area contributed by atoms with Crippen LogP contribution in [0.1, 0.15) is 13.3 Å². The minimum atomic E-state index is -0.270. The van der Waals surface area contributed by atoms with Crippen molar-refractivity contribution >= 4 is 17.5 Å². The van der Waals surface area contributed by atoms with E-state index in [1.807, 2.05) is 11.8 Å². The van der Waals surface area contributed by atoms with Crippen LogP contribution in [0.4, 0.5) is 21.8 Å². The van der Waals surface area contributed by atoms with Crippen LogP contribution in [0.15, 0.2) is 30.7 Å². The van der Waals surface area contributed by atoms with Crippen molar-refractivity contribution in [3.05, 3.63) is 36.5 Å². The van der Waals surface area contributed by atoms with E-state index < -0.39 is 0 Å². The summed E-state index contributed by atoms with van der Waals surface area (Å²) < 4.78 is 13.9. The zero-order chi connectivity index (χ0) is 16.1. The normalized spacial score (nSPS) is 15.4. The second-order valence-corrected chi connectivity index (χ2v) is 5.40. The van der Waals surface area contributed by atoms with Crippen LogP contribution in [0, 0.1) is 5.82 Å². The van der Waals surface area contributed by atoms with Gasteiger partial charge in [-0.1, -0.05) is 0 Å². The Hall–Kier alpha value is -2.44. The molecule has 0 spiro atoms. The first-order chi connectivity index (χ1) is 11.3. The van der Waals surface area contributed by atoms with Crippen LogP contribution < -0.4 is 15.1 Å². The predicted molar refractivity (Wildman–Crippen MR) is 89.4 cm³/mol. The SMILES string of the molecule is CCNc1nccnc1N1CCCN(c2ncccc2F)CC1. The van der Waals surface area contributed by atoms with Crippen molar-refractivity contribution < 1.29 is 4.39 Å². The van der Waals surface area contributed by atoms with E-state index in [1.165, 1.54) is 6.07 Å². The molecule has 7 heteroatoms. The fraction of sp³-hybridized carbons (Fsp3) is 0.438. The van der Waals surface area contributed by atoms with E-state index in [0.717, 1.165) is 44.2 Å². The molecule has 0 saturated carbocycles. The molecule has 0 amide bonds. The van der Waals surface area contributed by atoms with Gasteiger partial charge in [-0.25, -0.2) is 19.3 Å². The summed E-state index contributed by atoms with van der Waals surface area (Å²) in [4.78, 5) is 17.2. The summed E-state index contributed by atoms with van der Waals surface area (Å²) in [6.07, 6.45) is 5.94. The van der Waals surface area contributed by atoms with Gasteiger partial charge in [-0.05, 0) is 25.5 Å². The molecule has 0 radical (unpaired) electrons. The highest BCUT2D eigenvalue weighted by molar-refractivity contribution is 5.60. The monoisotopic (exact) mass is 316 g/mol. The Morgan fingerprint density at radius 3 is 2.43 bits per heavy atom. The first kappa shape index (κ1) is 15.5. The fourth-order valence-electron chi connectivity index (χ4n) is 2.81. The summed E-state index contributed by atoms with van der Waals surface area (Å²) in [7, 11) is 0. The summed E-state index contributed by atoms with van der Waals surface area (Å²) in [5, 5.41) is 3.24. The molecule has 1 saturated heterocycles. The lowest BCUT2D eigenvalue weighted by Gasteiger charge is -2.24. The molecule has 2 aromatic heterocycles. The Labute approximate surface area is 135 Å². The maximum atomic E-state index is 13.9. The van der Waals surface area contributed by atoms with Gasteiger partial charge in [-0.15, -0.1) is 0 Å². The zero-order valence-electron chi connectivity index (χ0n) is 13.2. The molecule has 1 aliphatic rings. The van der Waals surface area contributed by atoms with Crippen molar-refractivity contribution in [1.82, 2.24) is 15.0 Å². The van der Waals surface area contributed by atoms with E-state index in [9.17, 15) is 4.39 Å². The van der Waals surface area contributed by atoms with Crippen LogP contribution in [-0.4, -0.2) is 47.7 Å². The van der Waals surface area contributed by atoms with Crippen molar-refractivity contribution in [1.29, 1.82) is 0 Å². The maximum Gasteiger partial charge on any atom is 0.171 e. The Balaban J connectivity index is 1.75. The van der Waals surface area contributed by atoms with Crippen molar-refractivity contribution in [3.8, 4) is 0 Å². The van der Waals surface area contributed by atoms with Gasteiger partial charge in [0.2, 0.25) is 0 Å². The van der Waals surface area contributed by atoms with Gasteiger partial charge in [-0.3, -0.25) is 0 Å². The molecule has 0 aliphatic carbocycles. The maximum absolute atomic E-state index is 13.9. The molecular formula is C16H21FN6. The molecule has 3 rings (SSSR count). The minimum absolute atomic E-state index is 0.270. The first-order valence-electron chi connectivity index (χ1n) is 7.95. The van der Waals surface area contributed by atoms with Gasteiger partial charge in [0.1, 0.15) is 0 Å². The third-order valence-corrected chi connectivity index (χ3v) is 3.86. The van der Waals surface area contributed by atoms with Crippen molar-refractivity contribution in [3.63, 3.8) is 0 Å². The average molecular weight is 316 g/mol. The van der Waals surface area contributed by atoms with E-state index in [4.69, 9.17) is 0 Å². The predicted octanol–water partition coefficient (Wildman–Crippen LogP) is 2.16. The molecule has 2 aromatic rings. The quantitative estimate of drug-likeness (QED) is 0.933. The lowest BCUT2D eigenvalue weighted by atomic mass is 10.3. The number of aromatic nitrogens is 3. The van der Waals surface area contributed by atoms with E-state index >= 15 is 0 Å². The molecule has 0 unspecified atom stereocenters. The third-order valence-electron chi connectivity index (χ3n) is 3.86. The largest absolute Gasteiger partial charge is 0.367 e. The van der Waals surface area contributed by atoms with E-state index in [-0.39, 0.29) is 5.82 Å². The van der Waals surface area contributed by atoms with Crippen LogP contribution in [0.3, 0.4) is 0 Å².